The highest BCUT2D eigenvalue weighted by Gasteiger charge is 2.25. The molecule has 3 nitrogen and oxygen atoms in total. The molecular formula is C14H18ClNO2. The summed E-state index contributed by atoms with van der Waals surface area (Å²) in [7, 11) is 0. The molecule has 1 saturated heterocycles. The minimum absolute atomic E-state index is 0.349. The van der Waals surface area contributed by atoms with E-state index in [0.717, 1.165) is 35.1 Å². The molecule has 0 bridgehead atoms. The van der Waals surface area contributed by atoms with Crippen LogP contribution in [0, 0.1) is 6.92 Å². The molecule has 1 N–H and O–H groups in total. The van der Waals surface area contributed by atoms with Crippen LogP contribution in [0.3, 0.4) is 0 Å². The number of benzene rings is 1. The first-order chi connectivity index (χ1) is 8.77. The summed E-state index contributed by atoms with van der Waals surface area (Å²) in [4.78, 5) is 0. The lowest BCUT2D eigenvalue weighted by molar-refractivity contribution is 0.170. The second kappa shape index (κ2) is 4.98. The SMILES string of the molecule is Cc1c2c(cc(Cl)c1C1CCCCN1)OCCO2. The van der Waals surface area contributed by atoms with Crippen molar-refractivity contribution in [3.05, 3.63) is 22.2 Å². The van der Waals surface area contributed by atoms with E-state index in [1.54, 1.807) is 0 Å². The lowest BCUT2D eigenvalue weighted by Crippen LogP contribution is -2.28. The molecule has 4 heteroatoms. The highest BCUT2D eigenvalue weighted by Crippen LogP contribution is 2.43. The smallest absolute Gasteiger partial charge is 0.164 e. The average Bonchev–Trinajstić information content (AvgIpc) is 2.40. The monoisotopic (exact) mass is 267 g/mol. The van der Waals surface area contributed by atoms with Gasteiger partial charge in [0.2, 0.25) is 0 Å². The predicted molar refractivity (Wildman–Crippen MR) is 71.8 cm³/mol. The van der Waals surface area contributed by atoms with E-state index in [2.05, 4.69) is 12.2 Å². The third-order valence-electron chi connectivity index (χ3n) is 3.73. The molecule has 3 rings (SSSR count). The molecule has 0 radical (unpaired) electrons. The molecule has 2 aliphatic heterocycles. The van der Waals surface area contributed by atoms with Gasteiger partial charge in [0.05, 0.1) is 0 Å². The number of hydrogen-bond donors (Lipinski definition) is 1. The van der Waals surface area contributed by atoms with E-state index < -0.39 is 0 Å². The highest BCUT2D eigenvalue weighted by molar-refractivity contribution is 6.31. The van der Waals surface area contributed by atoms with Gasteiger partial charge in [-0.3, -0.25) is 0 Å². The molecule has 0 saturated carbocycles. The minimum Gasteiger partial charge on any atom is -0.486 e. The van der Waals surface area contributed by atoms with Crippen molar-refractivity contribution >= 4 is 11.6 Å². The Hall–Kier alpha value is -0.930. The summed E-state index contributed by atoms with van der Waals surface area (Å²) < 4.78 is 11.3. The van der Waals surface area contributed by atoms with E-state index in [0.29, 0.717) is 19.3 Å². The second-order valence-corrected chi connectivity index (χ2v) is 5.33. The van der Waals surface area contributed by atoms with Crippen molar-refractivity contribution in [2.75, 3.05) is 19.8 Å². The van der Waals surface area contributed by atoms with Gasteiger partial charge in [-0.15, -0.1) is 0 Å². The molecule has 1 aromatic carbocycles. The molecule has 0 aromatic heterocycles. The topological polar surface area (TPSA) is 30.5 Å². The maximum Gasteiger partial charge on any atom is 0.164 e. The third kappa shape index (κ3) is 2.06. The van der Waals surface area contributed by atoms with Crippen LogP contribution >= 0.6 is 11.6 Å². The Morgan fingerprint density at radius 1 is 1.28 bits per heavy atom. The summed E-state index contributed by atoms with van der Waals surface area (Å²) in [6.45, 7) is 4.36. The van der Waals surface area contributed by atoms with E-state index in [-0.39, 0.29) is 0 Å². The fraction of sp³-hybridized carbons (Fsp3) is 0.571. The molecule has 0 aliphatic carbocycles. The first-order valence-electron chi connectivity index (χ1n) is 6.59. The molecule has 2 aliphatic rings. The van der Waals surface area contributed by atoms with Gasteiger partial charge in [-0.25, -0.2) is 0 Å². The minimum atomic E-state index is 0.349. The summed E-state index contributed by atoms with van der Waals surface area (Å²) >= 11 is 6.42. The highest BCUT2D eigenvalue weighted by atomic mass is 35.5. The third-order valence-corrected chi connectivity index (χ3v) is 4.04. The number of rotatable bonds is 1. The Morgan fingerprint density at radius 3 is 2.89 bits per heavy atom. The molecule has 2 heterocycles. The van der Waals surface area contributed by atoms with Crippen LogP contribution in [0.25, 0.3) is 0 Å². The Labute approximate surface area is 112 Å². The Kier molecular flexibility index (Phi) is 3.35. The zero-order chi connectivity index (χ0) is 12.5. The predicted octanol–water partition coefficient (Wildman–Crippen LogP) is 3.23. The molecule has 1 fully saturated rings. The van der Waals surface area contributed by atoms with Gasteiger partial charge in [-0.05, 0) is 31.9 Å². The lowest BCUT2D eigenvalue weighted by Gasteiger charge is -2.29. The van der Waals surface area contributed by atoms with Gasteiger partial charge in [-0.2, -0.15) is 0 Å². The summed E-state index contributed by atoms with van der Waals surface area (Å²) in [6, 6.07) is 2.25. The normalized spacial score (nSPS) is 22.9. The Balaban J connectivity index is 2.02. The van der Waals surface area contributed by atoms with Crippen molar-refractivity contribution in [2.45, 2.75) is 32.2 Å². The van der Waals surface area contributed by atoms with Gasteiger partial charge in [0.15, 0.2) is 11.5 Å². The number of fused-ring (bicyclic) bond motifs is 1. The zero-order valence-corrected chi connectivity index (χ0v) is 11.3. The standard InChI is InChI=1S/C14H18ClNO2/c1-9-13(11-4-2-3-5-16-11)10(15)8-12-14(9)18-7-6-17-12/h8,11,16H,2-7H2,1H3. The van der Waals surface area contributed by atoms with E-state index >= 15 is 0 Å². The van der Waals surface area contributed by atoms with Crippen LogP contribution in [0.15, 0.2) is 6.07 Å². The van der Waals surface area contributed by atoms with Crippen LogP contribution in [0.2, 0.25) is 5.02 Å². The van der Waals surface area contributed by atoms with Gasteiger partial charge in [0.25, 0.3) is 0 Å². The Bertz CT molecular complexity index is 456. The first-order valence-corrected chi connectivity index (χ1v) is 6.97. The summed E-state index contributed by atoms with van der Waals surface area (Å²) in [5.41, 5.74) is 2.30. The molecule has 0 amide bonds. The van der Waals surface area contributed by atoms with Crippen molar-refractivity contribution in [2.24, 2.45) is 0 Å². The number of halogens is 1. The Morgan fingerprint density at radius 2 is 2.11 bits per heavy atom. The maximum absolute atomic E-state index is 6.42. The summed E-state index contributed by atoms with van der Waals surface area (Å²) in [5.74, 6) is 1.65. The van der Waals surface area contributed by atoms with Gasteiger partial charge in [0, 0.05) is 22.7 Å². The van der Waals surface area contributed by atoms with Crippen LogP contribution < -0.4 is 14.8 Å². The van der Waals surface area contributed by atoms with Crippen molar-refractivity contribution in [3.8, 4) is 11.5 Å². The van der Waals surface area contributed by atoms with Gasteiger partial charge in [0.1, 0.15) is 13.2 Å². The maximum atomic E-state index is 6.42. The fourth-order valence-electron chi connectivity index (χ4n) is 2.85. The van der Waals surface area contributed by atoms with Crippen molar-refractivity contribution in [3.63, 3.8) is 0 Å². The van der Waals surface area contributed by atoms with E-state index in [1.165, 1.54) is 18.4 Å². The second-order valence-electron chi connectivity index (χ2n) is 4.92. The van der Waals surface area contributed by atoms with Crippen LogP contribution in [0.5, 0.6) is 11.5 Å². The number of piperidine rings is 1. The van der Waals surface area contributed by atoms with Crippen molar-refractivity contribution in [1.29, 1.82) is 0 Å². The van der Waals surface area contributed by atoms with E-state index in [9.17, 15) is 0 Å². The summed E-state index contributed by atoms with van der Waals surface area (Å²) in [6.07, 6.45) is 3.64. The quantitative estimate of drug-likeness (QED) is 0.847. The van der Waals surface area contributed by atoms with Gasteiger partial charge in [-0.1, -0.05) is 18.0 Å². The average molecular weight is 268 g/mol. The van der Waals surface area contributed by atoms with Crippen LogP contribution in [0.4, 0.5) is 0 Å². The fourth-order valence-corrected chi connectivity index (χ4v) is 3.23. The lowest BCUT2D eigenvalue weighted by atomic mass is 9.93. The largest absolute Gasteiger partial charge is 0.486 e. The molecule has 0 spiro atoms. The van der Waals surface area contributed by atoms with Crippen LogP contribution in [-0.2, 0) is 0 Å². The van der Waals surface area contributed by atoms with E-state index in [4.69, 9.17) is 21.1 Å². The molecule has 1 atom stereocenters. The summed E-state index contributed by atoms with van der Waals surface area (Å²) in [5, 5.41) is 4.33. The van der Waals surface area contributed by atoms with Crippen molar-refractivity contribution in [1.82, 2.24) is 5.32 Å². The molecule has 18 heavy (non-hydrogen) atoms. The van der Waals surface area contributed by atoms with Crippen LogP contribution in [0.1, 0.15) is 36.4 Å². The molecule has 1 aromatic rings. The number of hydrogen-bond acceptors (Lipinski definition) is 3. The van der Waals surface area contributed by atoms with Crippen LogP contribution in [-0.4, -0.2) is 19.8 Å². The number of ether oxygens (including phenoxy) is 2. The number of nitrogens with one attached hydrogen (secondary N) is 1. The van der Waals surface area contributed by atoms with Gasteiger partial charge >= 0.3 is 0 Å². The molecule has 98 valence electrons. The zero-order valence-electron chi connectivity index (χ0n) is 10.6. The molecule has 1 unspecified atom stereocenters. The molecular weight excluding hydrogens is 250 g/mol. The van der Waals surface area contributed by atoms with E-state index in [1.807, 2.05) is 6.07 Å². The van der Waals surface area contributed by atoms with Gasteiger partial charge < -0.3 is 14.8 Å². The van der Waals surface area contributed by atoms with Crippen molar-refractivity contribution < 1.29 is 9.47 Å². The first kappa shape index (κ1) is 12.1.